The maximum absolute atomic E-state index is 12.8. The second-order valence-corrected chi connectivity index (χ2v) is 7.79. The third-order valence-corrected chi connectivity index (χ3v) is 6.20. The van der Waals surface area contributed by atoms with Crippen molar-refractivity contribution in [3.8, 4) is 0 Å². The first kappa shape index (κ1) is 15.8. The van der Waals surface area contributed by atoms with Crippen molar-refractivity contribution < 1.29 is 4.79 Å². The van der Waals surface area contributed by atoms with Crippen LogP contribution in [0.3, 0.4) is 0 Å². The molecule has 0 bridgehead atoms. The highest BCUT2D eigenvalue weighted by Gasteiger charge is 2.25. The maximum atomic E-state index is 12.8. The molecule has 0 atom stereocenters. The summed E-state index contributed by atoms with van der Waals surface area (Å²) in [6.07, 6.45) is 6.69. The molecule has 3 heterocycles. The number of aromatic nitrogens is 1. The molecule has 4 nitrogen and oxygen atoms in total. The second kappa shape index (κ2) is 7.03. The van der Waals surface area contributed by atoms with Crippen LogP contribution < -0.4 is 0 Å². The number of aryl methyl sites for hydroxylation is 2. The zero-order valence-electron chi connectivity index (χ0n) is 13.9. The average Bonchev–Trinajstić information content (AvgIpc) is 3.07. The second-order valence-electron chi connectivity index (χ2n) is 6.66. The number of hydrogen-bond donors (Lipinski definition) is 0. The predicted octanol–water partition coefficient (Wildman–Crippen LogP) is 2.98. The zero-order chi connectivity index (χ0) is 16.4. The Morgan fingerprint density at radius 3 is 2.71 bits per heavy atom. The van der Waals surface area contributed by atoms with Gasteiger partial charge >= 0.3 is 0 Å². The van der Waals surface area contributed by atoms with Gasteiger partial charge in [0, 0.05) is 43.8 Å². The molecule has 0 N–H and O–H groups in total. The molecule has 0 unspecified atom stereocenters. The highest BCUT2D eigenvalue weighted by Crippen LogP contribution is 2.30. The van der Waals surface area contributed by atoms with Crippen molar-refractivity contribution in [1.82, 2.24) is 14.8 Å². The normalized spacial score (nSPS) is 18.4. The Morgan fingerprint density at radius 2 is 1.96 bits per heavy atom. The minimum Gasteiger partial charge on any atom is -0.335 e. The molecule has 1 amide bonds. The third kappa shape index (κ3) is 3.37. The van der Waals surface area contributed by atoms with Crippen LogP contribution in [0.5, 0.6) is 0 Å². The van der Waals surface area contributed by atoms with Crippen molar-refractivity contribution in [3.63, 3.8) is 0 Å². The Balaban J connectivity index is 1.35. The fraction of sp³-hybridized carbons (Fsp3) is 0.474. The molecule has 0 saturated carbocycles. The van der Waals surface area contributed by atoms with Gasteiger partial charge in [0.25, 0.3) is 5.91 Å². The third-order valence-electron chi connectivity index (χ3n) is 4.98. The lowest BCUT2D eigenvalue weighted by Gasteiger charge is -2.34. The molecule has 4 rings (SSSR count). The molecule has 126 valence electrons. The first-order valence-corrected chi connectivity index (χ1v) is 9.64. The van der Waals surface area contributed by atoms with Crippen LogP contribution in [0.25, 0.3) is 0 Å². The van der Waals surface area contributed by atoms with Gasteiger partial charge in [-0.25, -0.2) is 0 Å². The number of hydrogen-bond acceptors (Lipinski definition) is 4. The molecule has 2 aromatic heterocycles. The van der Waals surface area contributed by atoms with Gasteiger partial charge in [-0.3, -0.25) is 14.7 Å². The molecular weight excluding hydrogens is 318 g/mol. The molecule has 2 aliphatic rings. The summed E-state index contributed by atoms with van der Waals surface area (Å²) in [7, 11) is 0. The van der Waals surface area contributed by atoms with Crippen molar-refractivity contribution in [2.45, 2.75) is 32.2 Å². The Bertz CT molecular complexity index is 681. The largest absolute Gasteiger partial charge is 0.335 e. The predicted molar refractivity (Wildman–Crippen MR) is 96.4 cm³/mol. The zero-order valence-corrected chi connectivity index (χ0v) is 14.7. The van der Waals surface area contributed by atoms with Crippen LogP contribution in [0.2, 0.25) is 0 Å². The van der Waals surface area contributed by atoms with Crippen molar-refractivity contribution in [2.75, 3.05) is 26.2 Å². The number of rotatable bonds is 3. The van der Waals surface area contributed by atoms with Gasteiger partial charge in [-0.1, -0.05) is 6.07 Å². The quantitative estimate of drug-likeness (QED) is 0.861. The van der Waals surface area contributed by atoms with Crippen LogP contribution in [-0.4, -0.2) is 46.9 Å². The van der Waals surface area contributed by atoms with Gasteiger partial charge in [-0.15, -0.1) is 11.3 Å². The van der Waals surface area contributed by atoms with E-state index in [1.54, 1.807) is 11.3 Å². The lowest BCUT2D eigenvalue weighted by molar-refractivity contribution is 0.0631. The molecule has 1 aliphatic carbocycles. The number of carbonyl (C=O) groups is 1. The maximum Gasteiger partial charge on any atom is 0.264 e. The summed E-state index contributed by atoms with van der Waals surface area (Å²) in [6.45, 7) is 4.35. The van der Waals surface area contributed by atoms with E-state index < -0.39 is 0 Å². The SMILES string of the molecule is O=C(c1cc2c(s1)CCCC2)N1CCN(Cc2ccccn2)CC1. The van der Waals surface area contributed by atoms with Gasteiger partial charge in [-0.2, -0.15) is 0 Å². The molecule has 1 fully saturated rings. The van der Waals surface area contributed by atoms with E-state index in [0.29, 0.717) is 0 Å². The number of thiophene rings is 1. The molecule has 24 heavy (non-hydrogen) atoms. The molecule has 2 aromatic rings. The van der Waals surface area contributed by atoms with E-state index in [2.05, 4.69) is 22.0 Å². The van der Waals surface area contributed by atoms with Crippen LogP contribution in [0.15, 0.2) is 30.5 Å². The number of fused-ring (bicyclic) bond motifs is 1. The Labute approximate surface area is 147 Å². The fourth-order valence-corrected chi connectivity index (χ4v) is 4.80. The Hall–Kier alpha value is -1.72. The van der Waals surface area contributed by atoms with E-state index in [1.165, 1.54) is 23.3 Å². The topological polar surface area (TPSA) is 36.4 Å². The molecule has 0 aromatic carbocycles. The van der Waals surface area contributed by atoms with Crippen LogP contribution in [-0.2, 0) is 19.4 Å². The van der Waals surface area contributed by atoms with Gasteiger partial charge < -0.3 is 4.90 Å². The van der Waals surface area contributed by atoms with Gasteiger partial charge in [0.1, 0.15) is 0 Å². The number of piperazine rings is 1. The fourth-order valence-electron chi connectivity index (χ4n) is 3.58. The first-order chi connectivity index (χ1) is 11.8. The van der Waals surface area contributed by atoms with E-state index in [0.717, 1.165) is 56.1 Å². The highest BCUT2D eigenvalue weighted by molar-refractivity contribution is 7.14. The summed E-state index contributed by atoms with van der Waals surface area (Å²) in [4.78, 5) is 24.0. The molecule has 1 aliphatic heterocycles. The van der Waals surface area contributed by atoms with Gasteiger partial charge in [-0.05, 0) is 49.4 Å². The number of carbonyl (C=O) groups excluding carboxylic acids is 1. The van der Waals surface area contributed by atoms with Crippen molar-refractivity contribution in [3.05, 3.63) is 51.5 Å². The van der Waals surface area contributed by atoms with E-state index in [-0.39, 0.29) is 5.91 Å². The lowest BCUT2D eigenvalue weighted by atomic mass is 9.99. The summed E-state index contributed by atoms with van der Waals surface area (Å²) in [6, 6.07) is 8.19. The molecule has 0 spiro atoms. The minimum atomic E-state index is 0.229. The van der Waals surface area contributed by atoms with E-state index in [4.69, 9.17) is 0 Å². The van der Waals surface area contributed by atoms with Crippen LogP contribution in [0, 0.1) is 0 Å². The summed E-state index contributed by atoms with van der Waals surface area (Å²) >= 11 is 1.73. The van der Waals surface area contributed by atoms with Crippen molar-refractivity contribution >= 4 is 17.2 Å². The molecular formula is C19H23N3OS. The molecule has 1 saturated heterocycles. The Kier molecular flexibility index (Phi) is 4.63. The lowest BCUT2D eigenvalue weighted by Crippen LogP contribution is -2.48. The van der Waals surface area contributed by atoms with E-state index in [1.807, 2.05) is 23.2 Å². The van der Waals surface area contributed by atoms with Crippen molar-refractivity contribution in [2.24, 2.45) is 0 Å². The van der Waals surface area contributed by atoms with E-state index >= 15 is 0 Å². The average molecular weight is 341 g/mol. The van der Waals surface area contributed by atoms with E-state index in [9.17, 15) is 4.79 Å². The molecule has 0 radical (unpaired) electrons. The van der Waals surface area contributed by atoms with Gasteiger partial charge in [0.2, 0.25) is 0 Å². The number of amides is 1. The highest BCUT2D eigenvalue weighted by atomic mass is 32.1. The number of nitrogens with zero attached hydrogens (tertiary/aromatic N) is 3. The van der Waals surface area contributed by atoms with Crippen LogP contribution in [0.4, 0.5) is 0 Å². The van der Waals surface area contributed by atoms with Crippen LogP contribution in [0.1, 0.15) is 38.6 Å². The summed E-state index contributed by atoms with van der Waals surface area (Å²) in [5.41, 5.74) is 2.52. The van der Waals surface area contributed by atoms with Crippen LogP contribution >= 0.6 is 11.3 Å². The van der Waals surface area contributed by atoms with Gasteiger partial charge in [0.15, 0.2) is 0 Å². The molecule has 5 heteroatoms. The minimum absolute atomic E-state index is 0.229. The monoisotopic (exact) mass is 341 g/mol. The van der Waals surface area contributed by atoms with Gasteiger partial charge in [0.05, 0.1) is 10.6 Å². The summed E-state index contributed by atoms with van der Waals surface area (Å²) in [5, 5.41) is 0. The smallest absolute Gasteiger partial charge is 0.264 e. The summed E-state index contributed by atoms with van der Waals surface area (Å²) < 4.78 is 0. The first-order valence-electron chi connectivity index (χ1n) is 8.83. The Morgan fingerprint density at radius 1 is 1.12 bits per heavy atom. The summed E-state index contributed by atoms with van der Waals surface area (Å²) in [5.74, 6) is 0.229. The standard InChI is InChI=1S/C19H23N3OS/c23-19(18-13-15-5-1-2-7-17(15)24-18)22-11-9-21(10-12-22)14-16-6-3-4-8-20-16/h3-4,6,8,13H,1-2,5,7,9-12,14H2. The van der Waals surface area contributed by atoms with Crippen molar-refractivity contribution in [1.29, 1.82) is 0 Å². The number of pyridine rings is 1.